The van der Waals surface area contributed by atoms with Crippen LogP contribution in [0, 0.1) is 6.92 Å². The third-order valence-electron chi connectivity index (χ3n) is 4.68. The zero-order chi connectivity index (χ0) is 22.0. The molecule has 0 aliphatic carbocycles. The number of hydrogen-bond acceptors (Lipinski definition) is 5. The van der Waals surface area contributed by atoms with E-state index in [1.54, 1.807) is 73.7 Å². The van der Waals surface area contributed by atoms with Crippen LogP contribution in [0.15, 0.2) is 88.2 Å². The number of carbonyl (C=O) groups is 2. The van der Waals surface area contributed by atoms with Crippen LogP contribution in [0.1, 0.15) is 23.0 Å². The highest BCUT2D eigenvalue weighted by atomic mass is 32.2. The van der Waals surface area contributed by atoms with Crippen molar-refractivity contribution in [3.8, 4) is 5.75 Å². The van der Waals surface area contributed by atoms with Gasteiger partial charge < -0.3 is 9.15 Å². The van der Waals surface area contributed by atoms with Crippen molar-refractivity contribution < 1.29 is 23.3 Å². The Bertz CT molecular complexity index is 1240. The molecule has 3 aromatic carbocycles. The van der Waals surface area contributed by atoms with Crippen LogP contribution in [0.25, 0.3) is 11.0 Å². The van der Waals surface area contributed by atoms with Gasteiger partial charge in [0.2, 0.25) is 4.90 Å². The number of ether oxygens (including phenoxy) is 1. The summed E-state index contributed by atoms with van der Waals surface area (Å²) in [7, 11) is 0. The number of carbonyl (C=O) groups excluding carboxylic acids is 2. The van der Waals surface area contributed by atoms with Crippen LogP contribution in [0.5, 0.6) is 5.75 Å². The molecule has 0 bridgehead atoms. The zero-order valence-electron chi connectivity index (χ0n) is 16.9. The van der Waals surface area contributed by atoms with Crippen LogP contribution in [0.3, 0.4) is 0 Å². The third-order valence-corrected chi connectivity index (χ3v) is 6.07. The van der Waals surface area contributed by atoms with Crippen molar-refractivity contribution >= 4 is 39.9 Å². The lowest BCUT2D eigenvalue weighted by atomic mass is 10.1. The number of Topliss-reactive ketones (excluding diaryl/α,β-unsaturated/α-hetero) is 1. The minimum atomic E-state index is -1.64. The molecule has 1 N–H and O–H groups in total. The van der Waals surface area contributed by atoms with E-state index < -0.39 is 17.5 Å². The van der Waals surface area contributed by atoms with Gasteiger partial charge in [0, 0.05) is 5.39 Å². The Balaban J connectivity index is 1.81. The first kappa shape index (κ1) is 20.7. The van der Waals surface area contributed by atoms with Gasteiger partial charge in [0.1, 0.15) is 22.8 Å². The van der Waals surface area contributed by atoms with Crippen LogP contribution in [-0.2, 0) is 11.4 Å². The number of fused-ring (bicyclic) bond motifs is 1. The van der Waals surface area contributed by atoms with Crippen LogP contribution >= 0.6 is 0 Å². The molecule has 0 spiro atoms. The lowest BCUT2D eigenvalue weighted by Gasteiger charge is -2.16. The van der Waals surface area contributed by atoms with Crippen LogP contribution in [-0.4, -0.2) is 16.4 Å². The Kier molecular flexibility index (Phi) is 5.79. The minimum Gasteiger partial charge on any atom is -0.461 e. The van der Waals surface area contributed by atoms with E-state index in [4.69, 9.17) is 9.15 Å². The molecule has 4 aromatic rings. The van der Waals surface area contributed by atoms with Crippen molar-refractivity contribution in [1.82, 2.24) is 0 Å². The SMILES string of the molecule is CC(=O)c1c(C)oc2ccc(N(C(=O)Oc3ccccc3)[S+](O)c3ccccc3)cc12. The smallest absolute Gasteiger partial charge is 0.461 e. The number of aryl methyl sites for hydroxylation is 1. The van der Waals surface area contributed by atoms with Gasteiger partial charge in [-0.15, -0.1) is 0 Å². The van der Waals surface area contributed by atoms with Crippen LogP contribution in [0.4, 0.5) is 10.5 Å². The van der Waals surface area contributed by atoms with Gasteiger partial charge in [0.15, 0.2) is 5.78 Å². The van der Waals surface area contributed by atoms with Gasteiger partial charge in [-0.25, -0.2) is 4.79 Å². The first-order chi connectivity index (χ1) is 15.0. The van der Waals surface area contributed by atoms with Gasteiger partial charge >= 0.3 is 17.5 Å². The van der Waals surface area contributed by atoms with Crippen LogP contribution in [0.2, 0.25) is 0 Å². The number of rotatable bonds is 5. The molecular weight excluding hydrogens is 414 g/mol. The highest BCUT2D eigenvalue weighted by Crippen LogP contribution is 2.33. The highest BCUT2D eigenvalue weighted by molar-refractivity contribution is 7.93. The lowest BCUT2D eigenvalue weighted by Crippen LogP contribution is -2.38. The topological polar surface area (TPSA) is 80.0 Å². The average molecular weight is 434 g/mol. The monoisotopic (exact) mass is 434 g/mol. The van der Waals surface area contributed by atoms with Crippen molar-refractivity contribution in [3.05, 3.63) is 90.2 Å². The molecule has 1 heterocycles. The van der Waals surface area contributed by atoms with Crippen molar-refractivity contribution in [1.29, 1.82) is 0 Å². The molecule has 0 aliphatic rings. The Morgan fingerprint density at radius 3 is 2.26 bits per heavy atom. The summed E-state index contributed by atoms with van der Waals surface area (Å²) in [5.74, 6) is 0.717. The zero-order valence-corrected chi connectivity index (χ0v) is 17.8. The number of furan rings is 1. The molecule has 7 heteroatoms. The second kappa shape index (κ2) is 8.67. The van der Waals surface area contributed by atoms with Crippen molar-refractivity contribution in [3.63, 3.8) is 0 Å². The average Bonchev–Trinajstić information content (AvgIpc) is 3.10. The normalized spacial score (nSPS) is 11.8. The van der Waals surface area contributed by atoms with E-state index in [1.165, 1.54) is 11.2 Å². The van der Waals surface area contributed by atoms with E-state index in [1.807, 2.05) is 12.1 Å². The predicted octanol–water partition coefficient (Wildman–Crippen LogP) is 6.01. The Labute approximate surface area is 182 Å². The molecule has 0 saturated heterocycles. The molecule has 31 heavy (non-hydrogen) atoms. The highest BCUT2D eigenvalue weighted by Gasteiger charge is 2.39. The van der Waals surface area contributed by atoms with E-state index in [2.05, 4.69) is 0 Å². The van der Waals surface area contributed by atoms with E-state index in [-0.39, 0.29) is 5.78 Å². The minimum absolute atomic E-state index is 0.141. The molecule has 1 amide bonds. The summed E-state index contributed by atoms with van der Waals surface area (Å²) >= 11 is -1.64. The molecule has 0 saturated carbocycles. The van der Waals surface area contributed by atoms with Crippen molar-refractivity contribution in [2.75, 3.05) is 4.31 Å². The number of benzene rings is 3. The van der Waals surface area contributed by atoms with Crippen molar-refractivity contribution in [2.45, 2.75) is 18.7 Å². The second-order valence-electron chi connectivity index (χ2n) is 6.82. The van der Waals surface area contributed by atoms with Gasteiger partial charge in [-0.05, 0) is 56.3 Å². The summed E-state index contributed by atoms with van der Waals surface area (Å²) in [5, 5.41) is 0.574. The fourth-order valence-corrected chi connectivity index (χ4v) is 4.43. The number of hydrogen-bond donors (Lipinski definition) is 1. The Hall–Kier alpha value is -3.55. The summed E-state index contributed by atoms with van der Waals surface area (Å²) in [5.41, 5.74) is 1.36. The maximum atomic E-state index is 13.1. The van der Waals surface area contributed by atoms with Gasteiger partial charge in [-0.1, -0.05) is 40.7 Å². The molecule has 156 valence electrons. The lowest BCUT2D eigenvalue weighted by molar-refractivity contribution is 0.101. The molecular formula is C24H20NO5S+. The number of nitrogens with zero attached hydrogens (tertiary/aromatic N) is 1. The molecule has 0 fully saturated rings. The van der Waals surface area contributed by atoms with Gasteiger partial charge in [-0.2, -0.15) is 4.55 Å². The van der Waals surface area contributed by atoms with Gasteiger partial charge in [0.05, 0.1) is 5.56 Å². The molecule has 1 unspecified atom stereocenters. The van der Waals surface area contributed by atoms with E-state index in [9.17, 15) is 14.1 Å². The molecule has 1 aromatic heterocycles. The molecule has 6 nitrogen and oxygen atoms in total. The molecule has 1 atom stereocenters. The maximum absolute atomic E-state index is 13.1. The Morgan fingerprint density at radius 2 is 1.61 bits per heavy atom. The van der Waals surface area contributed by atoms with Crippen molar-refractivity contribution in [2.24, 2.45) is 0 Å². The second-order valence-corrected chi connectivity index (χ2v) is 8.19. The predicted molar refractivity (Wildman–Crippen MR) is 121 cm³/mol. The summed E-state index contributed by atoms with van der Waals surface area (Å²) in [6.45, 7) is 3.18. The third kappa shape index (κ3) is 4.19. The summed E-state index contributed by atoms with van der Waals surface area (Å²) in [6.07, 6.45) is -0.746. The van der Waals surface area contributed by atoms with Gasteiger partial charge in [-0.3, -0.25) is 4.79 Å². The van der Waals surface area contributed by atoms with E-state index >= 15 is 0 Å². The number of anilines is 1. The van der Waals surface area contributed by atoms with E-state index in [0.717, 1.165) is 0 Å². The Morgan fingerprint density at radius 1 is 0.968 bits per heavy atom. The molecule has 0 radical (unpaired) electrons. The largest absolute Gasteiger partial charge is 0.464 e. The fourth-order valence-electron chi connectivity index (χ4n) is 3.33. The quantitative estimate of drug-likeness (QED) is 0.307. The van der Waals surface area contributed by atoms with Crippen LogP contribution < -0.4 is 9.04 Å². The number of ketones is 1. The first-order valence-electron chi connectivity index (χ1n) is 9.55. The summed E-state index contributed by atoms with van der Waals surface area (Å²) in [6, 6.07) is 22.5. The van der Waals surface area contributed by atoms with E-state index in [0.29, 0.717) is 38.6 Å². The standard InChI is InChI=1S/C24H20NO5S/c1-16(26)23-17(2)29-22-14-13-18(15-21(22)23)25(31(28)20-11-7-4-8-12-20)24(27)30-19-9-5-3-6-10-19/h3-15,28H,1-2H3/q+1. The summed E-state index contributed by atoms with van der Waals surface area (Å²) in [4.78, 5) is 25.8. The maximum Gasteiger partial charge on any atom is 0.464 e. The number of para-hydroxylation sites is 1. The fraction of sp³-hybridized carbons (Fsp3) is 0.0833. The summed E-state index contributed by atoms with van der Waals surface area (Å²) < 4.78 is 23.5. The van der Waals surface area contributed by atoms with Gasteiger partial charge in [0.25, 0.3) is 0 Å². The molecule has 0 aliphatic heterocycles. The number of amides is 1. The molecule has 4 rings (SSSR count). The first-order valence-corrected chi connectivity index (χ1v) is 10.7.